The Bertz CT molecular complexity index is 1340. The molecule has 1 aliphatic rings. The summed E-state index contributed by atoms with van der Waals surface area (Å²) in [5.41, 5.74) is 1.86. The molecule has 4 aromatic rings. The maximum Gasteiger partial charge on any atom is 0.267 e. The van der Waals surface area contributed by atoms with E-state index in [-0.39, 0.29) is 11.5 Å². The second kappa shape index (κ2) is 9.13. The van der Waals surface area contributed by atoms with E-state index in [1.54, 1.807) is 16.3 Å². The Labute approximate surface area is 196 Å². The Kier molecular flexibility index (Phi) is 6.07. The molecule has 0 aliphatic carbocycles. The standard InChI is InChI=1S/C22H21N5O2S3/c1-13-16-19(23-15-10-6-3-7-11-27(15)20(16)29)31-17(13)18(28)24-21-25-26-22(32-21)30-12-14-8-4-2-5-9-14/h2,4-5,8-9H,3,6-7,10-12H2,1H3,(H,24,25,28). The highest BCUT2D eigenvalue weighted by Gasteiger charge is 2.23. The van der Waals surface area contributed by atoms with Gasteiger partial charge in [0.1, 0.15) is 10.7 Å². The van der Waals surface area contributed by atoms with Gasteiger partial charge in [-0.15, -0.1) is 21.5 Å². The summed E-state index contributed by atoms with van der Waals surface area (Å²) in [5, 5.41) is 12.1. The average molecular weight is 484 g/mol. The van der Waals surface area contributed by atoms with Gasteiger partial charge in [-0.2, -0.15) is 0 Å². The number of nitrogens with one attached hydrogen (secondary N) is 1. The van der Waals surface area contributed by atoms with Crippen LogP contribution in [0.2, 0.25) is 0 Å². The van der Waals surface area contributed by atoms with Crippen LogP contribution < -0.4 is 10.9 Å². The molecule has 0 atom stereocenters. The van der Waals surface area contributed by atoms with Gasteiger partial charge in [0.15, 0.2) is 4.34 Å². The molecule has 7 nitrogen and oxygen atoms in total. The van der Waals surface area contributed by atoms with Gasteiger partial charge < -0.3 is 0 Å². The van der Waals surface area contributed by atoms with Crippen LogP contribution in [-0.4, -0.2) is 25.7 Å². The van der Waals surface area contributed by atoms with Gasteiger partial charge in [-0.3, -0.25) is 19.5 Å². The molecule has 0 radical (unpaired) electrons. The molecule has 0 spiro atoms. The molecule has 10 heteroatoms. The number of benzene rings is 1. The van der Waals surface area contributed by atoms with Crippen LogP contribution in [0.1, 0.15) is 45.9 Å². The van der Waals surface area contributed by atoms with Crippen molar-refractivity contribution in [1.29, 1.82) is 0 Å². The topological polar surface area (TPSA) is 89.8 Å². The molecular formula is C22H21N5O2S3. The number of carbonyl (C=O) groups is 1. The minimum atomic E-state index is -0.277. The van der Waals surface area contributed by atoms with E-state index >= 15 is 0 Å². The fourth-order valence-electron chi connectivity index (χ4n) is 3.82. The van der Waals surface area contributed by atoms with Gasteiger partial charge in [0.25, 0.3) is 11.5 Å². The Balaban J connectivity index is 1.35. The van der Waals surface area contributed by atoms with Crippen LogP contribution in [0.25, 0.3) is 10.2 Å². The Morgan fingerprint density at radius 2 is 2.00 bits per heavy atom. The number of anilines is 1. The maximum absolute atomic E-state index is 13.1. The van der Waals surface area contributed by atoms with Crippen molar-refractivity contribution in [2.24, 2.45) is 0 Å². The minimum Gasteiger partial charge on any atom is -0.296 e. The third kappa shape index (κ3) is 4.22. The number of hydrogen-bond acceptors (Lipinski definition) is 8. The number of nitrogens with zero attached hydrogens (tertiary/aromatic N) is 4. The van der Waals surface area contributed by atoms with Crippen LogP contribution in [0.4, 0.5) is 5.13 Å². The molecule has 0 fully saturated rings. The smallest absolute Gasteiger partial charge is 0.267 e. The summed E-state index contributed by atoms with van der Waals surface area (Å²) in [6.07, 6.45) is 3.93. The third-order valence-corrected chi connectivity index (χ3v) is 8.68. The van der Waals surface area contributed by atoms with Crippen molar-refractivity contribution in [3.8, 4) is 0 Å². The molecule has 0 saturated heterocycles. The van der Waals surface area contributed by atoms with Gasteiger partial charge >= 0.3 is 0 Å². The summed E-state index contributed by atoms with van der Waals surface area (Å²) in [5.74, 6) is 1.34. The average Bonchev–Trinajstić information content (AvgIpc) is 3.29. The Morgan fingerprint density at radius 3 is 2.84 bits per heavy atom. The molecule has 0 bridgehead atoms. The number of aryl methyl sites for hydroxylation is 2. The lowest BCUT2D eigenvalue weighted by Gasteiger charge is -2.08. The normalized spacial score (nSPS) is 13.7. The lowest BCUT2D eigenvalue weighted by molar-refractivity contribution is 0.103. The Hall–Kier alpha value is -2.56. The third-order valence-electron chi connectivity index (χ3n) is 5.45. The number of hydrogen-bond donors (Lipinski definition) is 1. The number of carbonyl (C=O) groups excluding carboxylic acids is 1. The SMILES string of the molecule is Cc1c(C(=O)Nc2nnc(SCc3ccccc3)s2)sc2nc3n(c(=O)c12)CCCCC3. The second-order valence-electron chi connectivity index (χ2n) is 7.63. The van der Waals surface area contributed by atoms with Crippen molar-refractivity contribution in [3.63, 3.8) is 0 Å². The number of thioether (sulfide) groups is 1. The number of fused-ring (bicyclic) bond motifs is 2. The highest BCUT2D eigenvalue weighted by molar-refractivity contribution is 8.00. The highest BCUT2D eigenvalue weighted by Crippen LogP contribution is 2.31. The van der Waals surface area contributed by atoms with Crippen LogP contribution in [0, 0.1) is 6.92 Å². The first-order valence-corrected chi connectivity index (χ1v) is 13.1. The summed E-state index contributed by atoms with van der Waals surface area (Å²) in [6, 6.07) is 10.1. The summed E-state index contributed by atoms with van der Waals surface area (Å²) < 4.78 is 2.58. The van der Waals surface area contributed by atoms with E-state index < -0.39 is 0 Å². The van der Waals surface area contributed by atoms with Gasteiger partial charge in [-0.25, -0.2) is 4.98 Å². The van der Waals surface area contributed by atoms with Gasteiger partial charge in [-0.05, 0) is 30.9 Å². The first-order valence-electron chi connectivity index (χ1n) is 10.4. The van der Waals surface area contributed by atoms with E-state index in [2.05, 4.69) is 27.6 Å². The monoisotopic (exact) mass is 483 g/mol. The van der Waals surface area contributed by atoms with Crippen molar-refractivity contribution >= 4 is 55.7 Å². The van der Waals surface area contributed by atoms with Crippen molar-refractivity contribution in [2.75, 3.05) is 5.32 Å². The molecule has 1 aliphatic heterocycles. The molecular weight excluding hydrogens is 462 g/mol. The zero-order valence-electron chi connectivity index (χ0n) is 17.5. The number of amides is 1. The predicted octanol–water partition coefficient (Wildman–Crippen LogP) is 4.89. The van der Waals surface area contributed by atoms with E-state index in [0.717, 1.165) is 41.6 Å². The minimum absolute atomic E-state index is 0.0322. The van der Waals surface area contributed by atoms with Gasteiger partial charge in [0.2, 0.25) is 5.13 Å². The molecule has 0 saturated carbocycles. The summed E-state index contributed by atoms with van der Waals surface area (Å²) in [6.45, 7) is 2.52. The van der Waals surface area contributed by atoms with E-state index in [1.807, 2.05) is 25.1 Å². The second-order valence-corrected chi connectivity index (χ2v) is 10.8. The van der Waals surface area contributed by atoms with Crippen LogP contribution in [0.5, 0.6) is 0 Å². The quantitative estimate of drug-likeness (QED) is 0.321. The van der Waals surface area contributed by atoms with Crippen molar-refractivity contribution in [3.05, 3.63) is 62.5 Å². The van der Waals surface area contributed by atoms with Gasteiger partial charge in [-0.1, -0.05) is 59.9 Å². The lowest BCUT2D eigenvalue weighted by Crippen LogP contribution is -2.24. The van der Waals surface area contributed by atoms with Crippen LogP contribution in [0.15, 0.2) is 39.5 Å². The fraction of sp³-hybridized carbons (Fsp3) is 0.318. The molecule has 3 aromatic heterocycles. The highest BCUT2D eigenvalue weighted by atomic mass is 32.2. The zero-order valence-corrected chi connectivity index (χ0v) is 19.9. The molecule has 1 N–H and O–H groups in total. The summed E-state index contributed by atoms with van der Waals surface area (Å²) >= 11 is 4.20. The van der Waals surface area contributed by atoms with Crippen LogP contribution >= 0.6 is 34.4 Å². The number of rotatable bonds is 5. The van der Waals surface area contributed by atoms with E-state index in [0.29, 0.717) is 32.3 Å². The molecule has 4 heterocycles. The van der Waals surface area contributed by atoms with E-state index in [1.165, 1.54) is 28.2 Å². The van der Waals surface area contributed by atoms with Crippen molar-refractivity contribution in [2.45, 2.75) is 49.2 Å². The number of thiophene rings is 1. The van der Waals surface area contributed by atoms with Crippen LogP contribution in [0.3, 0.4) is 0 Å². The largest absolute Gasteiger partial charge is 0.296 e. The lowest BCUT2D eigenvalue weighted by atomic mass is 10.2. The maximum atomic E-state index is 13.1. The van der Waals surface area contributed by atoms with Crippen LogP contribution in [-0.2, 0) is 18.7 Å². The van der Waals surface area contributed by atoms with Gasteiger partial charge in [0.05, 0.1) is 10.3 Å². The molecule has 32 heavy (non-hydrogen) atoms. The van der Waals surface area contributed by atoms with Gasteiger partial charge in [0, 0.05) is 18.7 Å². The number of aromatic nitrogens is 4. The van der Waals surface area contributed by atoms with Crippen molar-refractivity contribution < 1.29 is 4.79 Å². The summed E-state index contributed by atoms with van der Waals surface area (Å²) in [4.78, 5) is 32.0. The summed E-state index contributed by atoms with van der Waals surface area (Å²) in [7, 11) is 0. The van der Waals surface area contributed by atoms with Crippen molar-refractivity contribution in [1.82, 2.24) is 19.7 Å². The van der Waals surface area contributed by atoms with E-state index in [9.17, 15) is 9.59 Å². The first-order chi connectivity index (χ1) is 15.6. The fourth-order valence-corrected chi connectivity index (χ4v) is 6.61. The zero-order chi connectivity index (χ0) is 22.1. The molecule has 1 aromatic carbocycles. The molecule has 164 valence electrons. The molecule has 0 unspecified atom stereocenters. The predicted molar refractivity (Wildman–Crippen MR) is 130 cm³/mol. The molecule has 5 rings (SSSR count). The molecule has 1 amide bonds. The first kappa shape index (κ1) is 21.3. The van der Waals surface area contributed by atoms with E-state index in [4.69, 9.17) is 4.98 Å². The Morgan fingerprint density at radius 1 is 1.16 bits per heavy atom.